The molecule has 2 aromatic rings. The van der Waals surface area contributed by atoms with Crippen LogP contribution in [0.1, 0.15) is 16.7 Å². The Hall–Kier alpha value is -2.41. The number of benzene rings is 2. The molecule has 2 nitrogen and oxygen atoms in total. The van der Waals surface area contributed by atoms with Crippen LogP contribution in [-0.2, 0) is 6.61 Å². The lowest BCUT2D eigenvalue weighted by molar-refractivity contribution is 0.301. The Balaban J connectivity index is 2.21. The van der Waals surface area contributed by atoms with Crippen molar-refractivity contribution in [1.82, 2.24) is 0 Å². The van der Waals surface area contributed by atoms with Gasteiger partial charge in [-0.25, -0.2) is 8.78 Å². The molecule has 0 saturated heterocycles. The van der Waals surface area contributed by atoms with Crippen LogP contribution in [0.15, 0.2) is 36.4 Å². The van der Waals surface area contributed by atoms with E-state index in [1.807, 2.05) is 6.07 Å². The zero-order chi connectivity index (χ0) is 13.8. The highest BCUT2D eigenvalue weighted by Gasteiger charge is 2.07. The van der Waals surface area contributed by atoms with E-state index in [2.05, 4.69) is 0 Å². The zero-order valence-corrected chi connectivity index (χ0v) is 10.3. The van der Waals surface area contributed by atoms with Gasteiger partial charge in [0.05, 0.1) is 11.6 Å². The third-order valence-electron chi connectivity index (χ3n) is 2.72. The summed E-state index contributed by atoms with van der Waals surface area (Å²) in [5.74, 6) is -0.456. The standard InChI is InChI=1S/C15H11F2NO/c1-10-2-4-14(17)7-15(10)19-9-12-6-13(16)5-3-11(12)8-18/h2-7H,9H2,1H3. The van der Waals surface area contributed by atoms with Gasteiger partial charge in [0.2, 0.25) is 0 Å². The maximum absolute atomic E-state index is 13.1. The molecule has 0 aliphatic carbocycles. The van der Waals surface area contributed by atoms with Gasteiger partial charge in [-0.2, -0.15) is 5.26 Å². The molecule has 0 fully saturated rings. The van der Waals surface area contributed by atoms with Gasteiger partial charge in [-0.1, -0.05) is 6.07 Å². The van der Waals surface area contributed by atoms with E-state index in [0.717, 1.165) is 5.56 Å². The summed E-state index contributed by atoms with van der Waals surface area (Å²) in [6.07, 6.45) is 0. The SMILES string of the molecule is Cc1ccc(F)cc1OCc1cc(F)ccc1C#N. The topological polar surface area (TPSA) is 33.0 Å². The van der Waals surface area contributed by atoms with Crippen LogP contribution >= 0.6 is 0 Å². The normalized spacial score (nSPS) is 10.0. The molecule has 0 aliphatic rings. The second-order valence-corrected chi connectivity index (χ2v) is 4.11. The smallest absolute Gasteiger partial charge is 0.126 e. The van der Waals surface area contributed by atoms with E-state index in [9.17, 15) is 8.78 Å². The number of rotatable bonds is 3. The van der Waals surface area contributed by atoms with Crippen LogP contribution in [-0.4, -0.2) is 0 Å². The fourth-order valence-electron chi connectivity index (χ4n) is 1.68. The summed E-state index contributed by atoms with van der Waals surface area (Å²) in [6, 6.07) is 10.0. The lowest BCUT2D eigenvalue weighted by Gasteiger charge is -2.10. The first-order valence-corrected chi connectivity index (χ1v) is 5.67. The van der Waals surface area contributed by atoms with Crippen LogP contribution < -0.4 is 4.74 Å². The van der Waals surface area contributed by atoms with E-state index in [-0.39, 0.29) is 6.61 Å². The van der Waals surface area contributed by atoms with Crippen LogP contribution in [0.5, 0.6) is 5.75 Å². The predicted molar refractivity (Wildman–Crippen MR) is 66.6 cm³/mol. The minimum absolute atomic E-state index is 0.0188. The number of nitriles is 1. The molecule has 0 aliphatic heterocycles. The van der Waals surface area contributed by atoms with Gasteiger partial charge >= 0.3 is 0 Å². The van der Waals surface area contributed by atoms with Crippen molar-refractivity contribution in [3.05, 3.63) is 64.7 Å². The van der Waals surface area contributed by atoms with Crippen molar-refractivity contribution < 1.29 is 13.5 Å². The monoisotopic (exact) mass is 259 g/mol. The molecular weight excluding hydrogens is 248 g/mol. The second kappa shape index (κ2) is 5.49. The molecule has 0 heterocycles. The molecule has 2 rings (SSSR count). The minimum Gasteiger partial charge on any atom is -0.488 e. The highest BCUT2D eigenvalue weighted by atomic mass is 19.1. The van der Waals surface area contributed by atoms with Crippen molar-refractivity contribution >= 4 is 0 Å². The molecule has 19 heavy (non-hydrogen) atoms. The van der Waals surface area contributed by atoms with E-state index in [4.69, 9.17) is 10.00 Å². The van der Waals surface area contributed by atoms with Gasteiger partial charge in [-0.15, -0.1) is 0 Å². The fraction of sp³-hybridized carbons (Fsp3) is 0.133. The van der Waals surface area contributed by atoms with Gasteiger partial charge in [0.25, 0.3) is 0 Å². The van der Waals surface area contributed by atoms with E-state index < -0.39 is 11.6 Å². The van der Waals surface area contributed by atoms with Crippen molar-refractivity contribution in [1.29, 1.82) is 5.26 Å². The average molecular weight is 259 g/mol. The van der Waals surface area contributed by atoms with Crippen molar-refractivity contribution in [3.8, 4) is 11.8 Å². The summed E-state index contributed by atoms with van der Waals surface area (Å²) in [4.78, 5) is 0. The minimum atomic E-state index is -0.437. The number of nitrogens with zero attached hydrogens (tertiary/aromatic N) is 1. The number of ether oxygens (including phenoxy) is 1. The van der Waals surface area contributed by atoms with Crippen LogP contribution in [0.25, 0.3) is 0 Å². The maximum atomic E-state index is 13.1. The van der Waals surface area contributed by atoms with E-state index >= 15 is 0 Å². The summed E-state index contributed by atoms with van der Waals surface area (Å²) < 4.78 is 31.7. The molecule has 0 spiro atoms. The molecular formula is C15H11F2NO. The lowest BCUT2D eigenvalue weighted by Crippen LogP contribution is -2.00. The molecule has 0 saturated carbocycles. The maximum Gasteiger partial charge on any atom is 0.126 e. The molecule has 2 aromatic carbocycles. The third-order valence-corrected chi connectivity index (χ3v) is 2.72. The molecule has 0 N–H and O–H groups in total. The first-order valence-electron chi connectivity index (χ1n) is 5.67. The Morgan fingerprint density at radius 3 is 2.53 bits per heavy atom. The number of aryl methyl sites for hydroxylation is 1. The highest BCUT2D eigenvalue weighted by molar-refractivity contribution is 5.38. The number of hydrogen-bond acceptors (Lipinski definition) is 2. The molecule has 0 aromatic heterocycles. The highest BCUT2D eigenvalue weighted by Crippen LogP contribution is 2.21. The fourth-order valence-corrected chi connectivity index (χ4v) is 1.68. The van der Waals surface area contributed by atoms with Gasteiger partial charge < -0.3 is 4.74 Å². The summed E-state index contributed by atoms with van der Waals surface area (Å²) >= 11 is 0. The van der Waals surface area contributed by atoms with E-state index in [1.54, 1.807) is 13.0 Å². The summed E-state index contributed by atoms with van der Waals surface area (Å²) in [5, 5.41) is 8.92. The third kappa shape index (κ3) is 3.08. The Kier molecular flexibility index (Phi) is 3.76. The molecule has 0 bridgehead atoms. The first-order chi connectivity index (χ1) is 9.10. The molecule has 0 atom stereocenters. The second-order valence-electron chi connectivity index (χ2n) is 4.11. The Bertz CT molecular complexity index is 647. The van der Waals surface area contributed by atoms with Crippen molar-refractivity contribution in [2.75, 3.05) is 0 Å². The van der Waals surface area contributed by atoms with Gasteiger partial charge in [0.1, 0.15) is 24.0 Å². The predicted octanol–water partition coefficient (Wildman–Crippen LogP) is 3.72. The van der Waals surface area contributed by atoms with E-state index in [1.165, 1.54) is 30.3 Å². The quantitative estimate of drug-likeness (QED) is 0.841. The van der Waals surface area contributed by atoms with Gasteiger partial charge in [0, 0.05) is 11.6 Å². The van der Waals surface area contributed by atoms with Gasteiger partial charge in [-0.3, -0.25) is 0 Å². The zero-order valence-electron chi connectivity index (χ0n) is 10.3. The van der Waals surface area contributed by atoms with Crippen molar-refractivity contribution in [2.45, 2.75) is 13.5 Å². The van der Waals surface area contributed by atoms with Crippen LogP contribution in [0, 0.1) is 29.9 Å². The number of halogens is 2. The summed E-state index contributed by atoms with van der Waals surface area (Å²) in [7, 11) is 0. The summed E-state index contributed by atoms with van der Waals surface area (Å²) in [5.41, 5.74) is 1.55. The van der Waals surface area contributed by atoms with Crippen LogP contribution in [0.2, 0.25) is 0 Å². The van der Waals surface area contributed by atoms with Gasteiger partial charge in [-0.05, 0) is 36.8 Å². The number of hydrogen-bond donors (Lipinski definition) is 0. The van der Waals surface area contributed by atoms with Crippen molar-refractivity contribution in [2.24, 2.45) is 0 Å². The molecule has 4 heteroatoms. The average Bonchev–Trinajstić information content (AvgIpc) is 2.40. The molecule has 96 valence electrons. The van der Waals surface area contributed by atoms with Crippen LogP contribution in [0.4, 0.5) is 8.78 Å². The van der Waals surface area contributed by atoms with Gasteiger partial charge in [0.15, 0.2) is 0 Å². The Morgan fingerprint density at radius 2 is 1.79 bits per heavy atom. The van der Waals surface area contributed by atoms with E-state index in [0.29, 0.717) is 16.9 Å². The van der Waals surface area contributed by atoms with Crippen LogP contribution in [0.3, 0.4) is 0 Å². The Morgan fingerprint density at radius 1 is 1.11 bits per heavy atom. The lowest BCUT2D eigenvalue weighted by atomic mass is 10.1. The van der Waals surface area contributed by atoms with Crippen molar-refractivity contribution in [3.63, 3.8) is 0 Å². The molecule has 0 radical (unpaired) electrons. The Labute approximate surface area is 109 Å². The molecule has 0 amide bonds. The molecule has 0 unspecified atom stereocenters. The summed E-state index contributed by atoms with van der Waals surface area (Å²) in [6.45, 7) is 1.80. The largest absolute Gasteiger partial charge is 0.488 e. The first kappa shape index (κ1) is 13.0.